The SMILES string of the molecule is COCC(=O)N1CC(c2ccc(C3=CC(c4cc(Cl)cc(C(F)(F)F)c4)(C(F)(F)F)ON3)cc2)C1. The molecule has 1 unspecified atom stereocenters. The molecule has 0 spiro atoms. The van der Waals surface area contributed by atoms with E-state index in [-0.39, 0.29) is 24.1 Å². The first-order valence-corrected chi connectivity index (χ1v) is 10.7. The Morgan fingerprint density at radius 3 is 2.37 bits per heavy atom. The Hall–Kier alpha value is -2.76. The molecule has 0 bridgehead atoms. The van der Waals surface area contributed by atoms with Crippen molar-refractivity contribution < 1.29 is 40.7 Å². The Labute approximate surface area is 201 Å². The van der Waals surface area contributed by atoms with Crippen LogP contribution in [0.25, 0.3) is 5.70 Å². The average molecular weight is 521 g/mol. The molecule has 2 aromatic carbocycles. The molecule has 5 nitrogen and oxygen atoms in total. The predicted molar refractivity (Wildman–Crippen MR) is 114 cm³/mol. The van der Waals surface area contributed by atoms with Gasteiger partial charge < -0.3 is 9.64 Å². The molecule has 1 fully saturated rings. The van der Waals surface area contributed by atoms with Crippen LogP contribution in [0.4, 0.5) is 26.3 Å². The average Bonchev–Trinajstić information content (AvgIpc) is 3.19. The molecule has 1 atom stereocenters. The van der Waals surface area contributed by atoms with Crippen LogP contribution < -0.4 is 5.48 Å². The lowest BCUT2D eigenvalue weighted by Crippen LogP contribution is -2.49. The molecule has 2 aliphatic rings. The maximum atomic E-state index is 14.2. The summed E-state index contributed by atoms with van der Waals surface area (Å²) in [6.07, 6.45) is -9.30. The third-order valence-electron chi connectivity index (χ3n) is 5.94. The van der Waals surface area contributed by atoms with Gasteiger partial charge in [-0.2, -0.15) is 26.3 Å². The minimum absolute atomic E-state index is 0.0104. The number of hydrogen-bond donors (Lipinski definition) is 1. The number of likely N-dealkylation sites (tertiary alicyclic amines) is 1. The van der Waals surface area contributed by atoms with Gasteiger partial charge in [-0.05, 0) is 35.4 Å². The highest BCUT2D eigenvalue weighted by atomic mass is 35.5. The highest BCUT2D eigenvalue weighted by molar-refractivity contribution is 6.30. The van der Waals surface area contributed by atoms with Gasteiger partial charge in [0, 0.05) is 36.7 Å². The first kappa shape index (κ1) is 25.3. The molecule has 4 rings (SSSR count). The van der Waals surface area contributed by atoms with Gasteiger partial charge in [-0.1, -0.05) is 35.9 Å². The monoisotopic (exact) mass is 520 g/mol. The zero-order chi connectivity index (χ0) is 25.6. The Morgan fingerprint density at radius 1 is 1.14 bits per heavy atom. The molecule has 2 aliphatic heterocycles. The topological polar surface area (TPSA) is 50.8 Å². The second-order valence-corrected chi connectivity index (χ2v) is 8.71. The minimum Gasteiger partial charge on any atom is -0.375 e. The fraction of sp³-hybridized carbons (Fsp3) is 0.348. The standard InChI is InChI=1S/C23H19ClF6N2O3/c1-34-12-20(33)32-10-15(11-32)13-2-4-14(5-3-13)19-9-21(35-31-19,23(28,29)30)16-6-17(22(25,26)27)8-18(24)7-16/h2-9,15,31H,10-12H2,1H3. The summed E-state index contributed by atoms with van der Waals surface area (Å²) in [5.41, 5.74) is -1.93. The van der Waals surface area contributed by atoms with Gasteiger partial charge in [0.1, 0.15) is 6.61 Å². The van der Waals surface area contributed by atoms with Gasteiger partial charge in [-0.25, -0.2) is 0 Å². The van der Waals surface area contributed by atoms with Gasteiger partial charge in [0.05, 0.1) is 11.3 Å². The summed E-state index contributed by atoms with van der Waals surface area (Å²) in [6, 6.07) is 8.29. The predicted octanol–water partition coefficient (Wildman–Crippen LogP) is 5.26. The number of carbonyl (C=O) groups excluding carboxylic acids is 1. The van der Waals surface area contributed by atoms with Crippen LogP contribution in [0.15, 0.2) is 48.5 Å². The minimum atomic E-state index is -5.10. The largest absolute Gasteiger partial charge is 0.428 e. The van der Waals surface area contributed by atoms with E-state index in [1.165, 1.54) is 7.11 Å². The van der Waals surface area contributed by atoms with Gasteiger partial charge in [0.15, 0.2) is 0 Å². The molecular weight excluding hydrogens is 502 g/mol. The molecule has 2 aromatic rings. The smallest absolute Gasteiger partial charge is 0.375 e. The number of alkyl halides is 6. The number of ether oxygens (including phenoxy) is 1. The van der Waals surface area contributed by atoms with Gasteiger partial charge in [-0.3, -0.25) is 15.1 Å². The summed E-state index contributed by atoms with van der Waals surface area (Å²) < 4.78 is 86.9. The molecule has 0 aromatic heterocycles. The quantitative estimate of drug-likeness (QED) is 0.546. The van der Waals surface area contributed by atoms with Crippen LogP contribution in [-0.4, -0.2) is 43.8 Å². The Bertz CT molecular complexity index is 1140. The molecule has 35 heavy (non-hydrogen) atoms. The summed E-state index contributed by atoms with van der Waals surface area (Å²) in [5.74, 6) is -0.0517. The van der Waals surface area contributed by atoms with E-state index in [1.807, 2.05) is 0 Å². The van der Waals surface area contributed by atoms with Gasteiger partial charge in [-0.15, -0.1) is 0 Å². The van der Waals surface area contributed by atoms with Crippen LogP contribution in [0.1, 0.15) is 28.2 Å². The lowest BCUT2D eigenvalue weighted by atomic mass is 9.89. The summed E-state index contributed by atoms with van der Waals surface area (Å²) in [6.45, 7) is 0.988. The number of nitrogens with zero attached hydrogens (tertiary/aromatic N) is 1. The van der Waals surface area contributed by atoms with Crippen LogP contribution in [-0.2, 0) is 26.1 Å². The van der Waals surface area contributed by atoms with E-state index in [4.69, 9.17) is 21.2 Å². The van der Waals surface area contributed by atoms with E-state index in [2.05, 4.69) is 5.48 Å². The fourth-order valence-electron chi connectivity index (χ4n) is 4.00. The van der Waals surface area contributed by atoms with Crippen molar-refractivity contribution in [2.75, 3.05) is 26.8 Å². The number of hydrogen-bond acceptors (Lipinski definition) is 4. The van der Waals surface area contributed by atoms with Crippen molar-refractivity contribution >= 4 is 23.2 Å². The zero-order valence-electron chi connectivity index (χ0n) is 18.1. The normalized spacial score (nSPS) is 20.9. The summed E-state index contributed by atoms with van der Waals surface area (Å²) in [4.78, 5) is 18.3. The second-order valence-electron chi connectivity index (χ2n) is 8.27. The number of halogens is 7. The molecule has 188 valence electrons. The third kappa shape index (κ3) is 4.85. The molecule has 1 saturated heterocycles. The maximum Gasteiger partial charge on any atom is 0.428 e. The summed E-state index contributed by atoms with van der Waals surface area (Å²) in [7, 11) is 1.43. The summed E-state index contributed by atoms with van der Waals surface area (Å²) >= 11 is 5.72. The van der Waals surface area contributed by atoms with E-state index in [1.54, 1.807) is 29.2 Å². The summed E-state index contributed by atoms with van der Waals surface area (Å²) in [5, 5.41) is -0.508. The molecular formula is C23H19ClF6N2O3. The Balaban J connectivity index is 1.60. The first-order chi connectivity index (χ1) is 16.3. The van der Waals surface area contributed by atoms with Crippen molar-refractivity contribution in [1.82, 2.24) is 10.4 Å². The van der Waals surface area contributed by atoms with Crippen molar-refractivity contribution in [1.29, 1.82) is 0 Å². The molecule has 1 N–H and O–H groups in total. The number of nitrogens with one attached hydrogen (secondary N) is 1. The van der Waals surface area contributed by atoms with Crippen molar-refractivity contribution in [3.63, 3.8) is 0 Å². The second kappa shape index (κ2) is 9.03. The highest BCUT2D eigenvalue weighted by Gasteiger charge is 2.60. The van der Waals surface area contributed by atoms with Crippen molar-refractivity contribution in [2.45, 2.75) is 23.9 Å². The van der Waals surface area contributed by atoms with Crippen LogP contribution in [0.2, 0.25) is 5.02 Å². The van der Waals surface area contributed by atoms with Gasteiger partial charge >= 0.3 is 12.4 Å². The Kier molecular flexibility index (Phi) is 6.54. The number of benzene rings is 2. The lowest BCUT2D eigenvalue weighted by molar-refractivity contribution is -0.269. The number of rotatable bonds is 5. The van der Waals surface area contributed by atoms with E-state index >= 15 is 0 Å². The molecule has 1 amide bonds. The van der Waals surface area contributed by atoms with Crippen molar-refractivity contribution in [2.24, 2.45) is 0 Å². The molecule has 0 aliphatic carbocycles. The first-order valence-electron chi connectivity index (χ1n) is 10.3. The number of carbonyl (C=O) groups is 1. The van der Waals surface area contributed by atoms with Crippen LogP contribution in [0.5, 0.6) is 0 Å². The molecule has 2 heterocycles. The number of hydroxylamine groups is 1. The fourth-order valence-corrected chi connectivity index (χ4v) is 4.23. The zero-order valence-corrected chi connectivity index (χ0v) is 18.9. The molecule has 12 heteroatoms. The molecule has 0 radical (unpaired) electrons. The van der Waals surface area contributed by atoms with E-state index in [0.717, 1.165) is 11.6 Å². The van der Waals surface area contributed by atoms with Crippen LogP contribution in [0.3, 0.4) is 0 Å². The highest BCUT2D eigenvalue weighted by Crippen LogP contribution is 2.49. The Morgan fingerprint density at radius 2 is 1.80 bits per heavy atom. The van der Waals surface area contributed by atoms with E-state index in [0.29, 0.717) is 36.9 Å². The third-order valence-corrected chi connectivity index (χ3v) is 6.16. The van der Waals surface area contributed by atoms with Gasteiger partial charge in [0.2, 0.25) is 11.5 Å². The maximum absolute atomic E-state index is 14.2. The van der Waals surface area contributed by atoms with E-state index in [9.17, 15) is 31.1 Å². The van der Waals surface area contributed by atoms with Crippen molar-refractivity contribution in [3.05, 3.63) is 75.8 Å². The van der Waals surface area contributed by atoms with Crippen LogP contribution in [0, 0.1) is 0 Å². The van der Waals surface area contributed by atoms with E-state index < -0.39 is 34.1 Å². The number of methoxy groups -OCH3 is 1. The number of amides is 1. The van der Waals surface area contributed by atoms with Crippen LogP contribution >= 0.6 is 11.6 Å². The lowest BCUT2D eigenvalue weighted by Gasteiger charge is -2.39. The van der Waals surface area contributed by atoms with Crippen molar-refractivity contribution in [3.8, 4) is 0 Å². The molecule has 0 saturated carbocycles. The van der Waals surface area contributed by atoms with Gasteiger partial charge in [0.25, 0.3) is 0 Å².